The second kappa shape index (κ2) is 9.29. The first kappa shape index (κ1) is 22.7. The second-order valence-electron chi connectivity index (χ2n) is 8.86. The molecule has 1 aliphatic rings. The predicted octanol–water partition coefficient (Wildman–Crippen LogP) is 5.71. The Morgan fingerprint density at radius 1 is 0.829 bits per heavy atom. The zero-order chi connectivity index (χ0) is 24.5. The fourth-order valence-electron chi connectivity index (χ4n) is 4.56. The first-order chi connectivity index (χ1) is 16.9. The van der Waals surface area contributed by atoms with Gasteiger partial charge in [-0.05, 0) is 62.4 Å². The number of rotatable bonds is 3. The maximum absolute atomic E-state index is 13.4. The van der Waals surface area contributed by atoms with Gasteiger partial charge in [0, 0.05) is 47.2 Å². The predicted molar refractivity (Wildman–Crippen MR) is 133 cm³/mol. The minimum absolute atomic E-state index is 0.0143. The van der Waals surface area contributed by atoms with Gasteiger partial charge >= 0.3 is 6.03 Å². The van der Waals surface area contributed by atoms with Crippen molar-refractivity contribution in [3.05, 3.63) is 84.4 Å². The third-order valence-corrected chi connectivity index (χ3v) is 6.40. The van der Waals surface area contributed by atoms with E-state index in [0.29, 0.717) is 24.5 Å². The lowest BCUT2D eigenvalue weighted by molar-refractivity contribution is 0.173. The molecule has 0 saturated carbocycles. The highest BCUT2D eigenvalue weighted by molar-refractivity contribution is 6.00. The summed E-state index contributed by atoms with van der Waals surface area (Å²) in [7, 11) is 0. The van der Waals surface area contributed by atoms with Crippen molar-refractivity contribution >= 4 is 28.3 Å². The van der Waals surface area contributed by atoms with Crippen LogP contribution in [-0.4, -0.2) is 46.3 Å². The SMILES string of the molecule is CC1CN(C(=O)Nc2ccc(F)cc2)[C@@H](C)CN1c1nnc(-c2ccc(F)cc2)c2ccccc12. The van der Waals surface area contributed by atoms with Gasteiger partial charge in [0.15, 0.2) is 5.82 Å². The molecule has 1 fully saturated rings. The Labute approximate surface area is 202 Å². The van der Waals surface area contributed by atoms with Gasteiger partial charge in [-0.15, -0.1) is 10.2 Å². The van der Waals surface area contributed by atoms with E-state index in [1.165, 1.54) is 24.3 Å². The number of anilines is 2. The average molecular weight is 474 g/mol. The minimum atomic E-state index is -0.350. The molecule has 5 rings (SSSR count). The van der Waals surface area contributed by atoms with Crippen LogP contribution in [0.3, 0.4) is 0 Å². The summed E-state index contributed by atoms with van der Waals surface area (Å²) in [6, 6.07) is 19.5. The molecule has 3 aromatic carbocycles. The monoisotopic (exact) mass is 473 g/mol. The molecular formula is C27H25F2N5O. The van der Waals surface area contributed by atoms with Crippen molar-refractivity contribution < 1.29 is 13.6 Å². The van der Waals surface area contributed by atoms with Gasteiger partial charge in [0.25, 0.3) is 0 Å². The molecule has 35 heavy (non-hydrogen) atoms. The van der Waals surface area contributed by atoms with Gasteiger partial charge in [-0.3, -0.25) is 0 Å². The molecule has 0 aliphatic carbocycles. The zero-order valence-electron chi connectivity index (χ0n) is 19.5. The average Bonchev–Trinajstić information content (AvgIpc) is 2.86. The third kappa shape index (κ3) is 4.51. The molecule has 2 heterocycles. The summed E-state index contributed by atoms with van der Waals surface area (Å²) in [5.74, 6) is 0.105. The summed E-state index contributed by atoms with van der Waals surface area (Å²) in [6.07, 6.45) is 0. The minimum Gasteiger partial charge on any atom is -0.348 e. The molecule has 4 aromatic rings. The lowest BCUT2D eigenvalue weighted by Crippen LogP contribution is -2.59. The van der Waals surface area contributed by atoms with Gasteiger partial charge in [0.2, 0.25) is 0 Å². The van der Waals surface area contributed by atoms with Gasteiger partial charge in [-0.25, -0.2) is 13.6 Å². The Bertz CT molecular complexity index is 1360. The molecule has 1 aromatic heterocycles. The topological polar surface area (TPSA) is 61.4 Å². The quantitative estimate of drug-likeness (QED) is 0.414. The Morgan fingerprint density at radius 3 is 2.14 bits per heavy atom. The first-order valence-electron chi connectivity index (χ1n) is 11.5. The lowest BCUT2D eigenvalue weighted by Gasteiger charge is -2.44. The summed E-state index contributed by atoms with van der Waals surface area (Å²) in [4.78, 5) is 16.9. The van der Waals surface area contributed by atoms with Crippen molar-refractivity contribution in [2.24, 2.45) is 0 Å². The summed E-state index contributed by atoms with van der Waals surface area (Å²) < 4.78 is 26.6. The van der Waals surface area contributed by atoms with Crippen LogP contribution in [-0.2, 0) is 0 Å². The number of carbonyl (C=O) groups is 1. The van der Waals surface area contributed by atoms with Crippen LogP contribution in [0, 0.1) is 11.6 Å². The summed E-state index contributed by atoms with van der Waals surface area (Å²) in [5, 5.41) is 13.8. The van der Waals surface area contributed by atoms with Gasteiger partial charge in [-0.2, -0.15) is 0 Å². The number of halogens is 2. The Balaban J connectivity index is 1.41. The number of hydrogen-bond acceptors (Lipinski definition) is 4. The number of amides is 2. The number of urea groups is 1. The van der Waals surface area contributed by atoms with Crippen molar-refractivity contribution in [1.82, 2.24) is 15.1 Å². The second-order valence-corrected chi connectivity index (χ2v) is 8.86. The molecule has 1 N–H and O–H groups in total. The largest absolute Gasteiger partial charge is 0.348 e. The van der Waals surface area contributed by atoms with Crippen molar-refractivity contribution in [2.45, 2.75) is 25.9 Å². The van der Waals surface area contributed by atoms with Crippen molar-refractivity contribution in [1.29, 1.82) is 0 Å². The van der Waals surface area contributed by atoms with Crippen LogP contribution in [0.1, 0.15) is 13.8 Å². The van der Waals surface area contributed by atoms with E-state index in [9.17, 15) is 13.6 Å². The number of aromatic nitrogens is 2. The molecule has 8 heteroatoms. The number of benzene rings is 3. The number of carbonyl (C=O) groups excluding carboxylic acids is 1. The molecule has 2 amide bonds. The molecule has 1 saturated heterocycles. The Morgan fingerprint density at radius 2 is 1.46 bits per heavy atom. The fourth-order valence-corrected chi connectivity index (χ4v) is 4.56. The van der Waals surface area contributed by atoms with Crippen LogP contribution in [0.5, 0.6) is 0 Å². The molecule has 6 nitrogen and oxygen atoms in total. The standard InChI is InChI=1S/C27H25F2N5O/c1-17-16-34(27(35)30-22-13-11-21(29)12-14-22)18(2)15-33(17)26-24-6-4-3-5-23(24)25(31-32-26)19-7-9-20(28)10-8-19/h3-14,17-18H,15-16H2,1-2H3,(H,30,35)/t17?,18-/m0/s1. The van der Waals surface area contributed by atoms with Crippen LogP contribution in [0.4, 0.5) is 25.1 Å². The molecular weight excluding hydrogens is 448 g/mol. The van der Waals surface area contributed by atoms with Gasteiger partial charge in [0.05, 0.1) is 0 Å². The summed E-state index contributed by atoms with van der Waals surface area (Å²) in [5.41, 5.74) is 2.04. The molecule has 178 valence electrons. The van der Waals surface area contributed by atoms with E-state index in [0.717, 1.165) is 22.2 Å². The number of hydrogen-bond donors (Lipinski definition) is 1. The highest BCUT2D eigenvalue weighted by atomic mass is 19.1. The fraction of sp³-hybridized carbons (Fsp3) is 0.222. The van der Waals surface area contributed by atoms with E-state index >= 15 is 0 Å². The Hall–Kier alpha value is -4.07. The third-order valence-electron chi connectivity index (χ3n) is 6.40. The van der Waals surface area contributed by atoms with Crippen LogP contribution in [0.15, 0.2) is 72.8 Å². The number of fused-ring (bicyclic) bond motifs is 1. The van der Waals surface area contributed by atoms with Gasteiger partial charge in [-0.1, -0.05) is 24.3 Å². The van der Waals surface area contributed by atoms with E-state index in [2.05, 4.69) is 20.4 Å². The highest BCUT2D eigenvalue weighted by Crippen LogP contribution is 2.33. The summed E-state index contributed by atoms with van der Waals surface area (Å²) >= 11 is 0. The first-order valence-corrected chi connectivity index (χ1v) is 11.5. The van der Waals surface area contributed by atoms with Crippen LogP contribution < -0.4 is 10.2 Å². The normalized spacial score (nSPS) is 18.1. The molecule has 1 aliphatic heterocycles. The maximum atomic E-state index is 13.4. The van der Waals surface area contributed by atoms with Crippen molar-refractivity contribution in [3.63, 3.8) is 0 Å². The van der Waals surface area contributed by atoms with Crippen molar-refractivity contribution in [3.8, 4) is 11.3 Å². The van der Waals surface area contributed by atoms with Gasteiger partial charge in [0.1, 0.15) is 17.3 Å². The molecule has 0 bridgehead atoms. The highest BCUT2D eigenvalue weighted by Gasteiger charge is 2.34. The van der Waals surface area contributed by atoms with E-state index in [1.54, 1.807) is 29.2 Å². The molecule has 1 unspecified atom stereocenters. The number of nitrogens with one attached hydrogen (secondary N) is 1. The van der Waals surface area contributed by atoms with Crippen LogP contribution >= 0.6 is 0 Å². The van der Waals surface area contributed by atoms with Gasteiger partial charge < -0.3 is 15.1 Å². The molecule has 2 atom stereocenters. The number of nitrogens with zero attached hydrogens (tertiary/aromatic N) is 4. The van der Waals surface area contributed by atoms with Crippen molar-refractivity contribution in [2.75, 3.05) is 23.3 Å². The molecule has 0 spiro atoms. The van der Waals surface area contributed by atoms with E-state index in [4.69, 9.17) is 0 Å². The van der Waals surface area contributed by atoms with E-state index in [1.807, 2.05) is 38.1 Å². The van der Waals surface area contributed by atoms with Crippen LogP contribution in [0.2, 0.25) is 0 Å². The molecule has 0 radical (unpaired) electrons. The van der Waals surface area contributed by atoms with Crippen LogP contribution in [0.25, 0.3) is 22.0 Å². The maximum Gasteiger partial charge on any atom is 0.322 e. The number of piperazine rings is 1. The lowest BCUT2D eigenvalue weighted by atomic mass is 10.0. The van der Waals surface area contributed by atoms with E-state index in [-0.39, 0.29) is 29.7 Å². The Kier molecular flexibility index (Phi) is 6.03. The van der Waals surface area contributed by atoms with E-state index < -0.39 is 0 Å². The summed E-state index contributed by atoms with van der Waals surface area (Å²) in [6.45, 7) is 5.11. The smallest absolute Gasteiger partial charge is 0.322 e. The zero-order valence-corrected chi connectivity index (χ0v) is 19.5.